The highest BCUT2D eigenvalue weighted by molar-refractivity contribution is 8.00. The number of imide groups is 1. The quantitative estimate of drug-likeness (QED) is 0.375. The number of hydrogen-bond donors (Lipinski definition) is 1. The average molecular weight is 415 g/mol. The number of nitrogens with one attached hydrogen (secondary N) is 1. The summed E-state index contributed by atoms with van der Waals surface area (Å²) in [5.74, 6) is -1.78. The molecule has 0 unspecified atom stereocenters. The number of carbonyl (C=O) groups is 3. The van der Waals surface area contributed by atoms with Gasteiger partial charge in [0.1, 0.15) is 16.2 Å². The minimum Gasteiger partial charge on any atom is -0.455 e. The second-order valence-electron chi connectivity index (χ2n) is 5.83. The molecule has 3 rings (SSSR count). The molecule has 1 N–H and O–H groups in total. The number of fused-ring (bicyclic) bond motifs is 1. The number of amides is 2. The first kappa shape index (κ1) is 20.0. The van der Waals surface area contributed by atoms with Crippen molar-refractivity contribution >= 4 is 51.1 Å². The number of nitrogens with zero attached hydrogens (tertiary/aromatic N) is 2. The lowest BCUT2D eigenvalue weighted by Gasteiger charge is -2.06. The fourth-order valence-electron chi connectivity index (χ4n) is 2.40. The predicted octanol–water partition coefficient (Wildman–Crippen LogP) is 2.90. The monoisotopic (exact) mass is 415 g/mol. The molecule has 7 nitrogen and oxygen atoms in total. The topological polar surface area (TPSA) is 98.2 Å². The van der Waals surface area contributed by atoms with Crippen LogP contribution in [0.25, 0.3) is 10.2 Å². The van der Waals surface area contributed by atoms with Crippen molar-refractivity contribution in [1.82, 2.24) is 15.3 Å². The van der Waals surface area contributed by atoms with Gasteiger partial charge in [0.15, 0.2) is 6.61 Å². The van der Waals surface area contributed by atoms with Crippen molar-refractivity contribution in [3.63, 3.8) is 0 Å². The standard InChI is InChI=1S/C19H17N3O4S2/c1-11-12(2)28-19-16(11)18(20-10-21-19)27-9-15(24)26-8-14(23)22-17(25)13-6-4-3-5-7-13/h3-7,10H,8-9H2,1-2H3,(H,22,23,25). The molecule has 0 saturated heterocycles. The zero-order valence-corrected chi connectivity index (χ0v) is 16.9. The molecule has 0 aliphatic heterocycles. The summed E-state index contributed by atoms with van der Waals surface area (Å²) >= 11 is 2.81. The summed E-state index contributed by atoms with van der Waals surface area (Å²) in [7, 11) is 0. The molecule has 0 spiro atoms. The van der Waals surface area contributed by atoms with Crippen LogP contribution < -0.4 is 5.32 Å². The van der Waals surface area contributed by atoms with E-state index < -0.39 is 24.4 Å². The molecule has 0 saturated carbocycles. The molecule has 0 bridgehead atoms. The van der Waals surface area contributed by atoms with Gasteiger partial charge in [-0.3, -0.25) is 19.7 Å². The second kappa shape index (κ2) is 8.94. The number of carbonyl (C=O) groups excluding carboxylic acids is 3. The smallest absolute Gasteiger partial charge is 0.316 e. The van der Waals surface area contributed by atoms with Crippen LogP contribution in [-0.2, 0) is 14.3 Å². The first-order valence-electron chi connectivity index (χ1n) is 8.34. The van der Waals surface area contributed by atoms with Crippen molar-refractivity contribution < 1.29 is 19.1 Å². The van der Waals surface area contributed by atoms with E-state index in [4.69, 9.17) is 4.74 Å². The summed E-state index contributed by atoms with van der Waals surface area (Å²) in [5, 5.41) is 3.82. The Hall–Kier alpha value is -2.78. The minimum atomic E-state index is -0.680. The number of aryl methyl sites for hydroxylation is 2. The van der Waals surface area contributed by atoms with Crippen molar-refractivity contribution in [2.24, 2.45) is 0 Å². The van der Waals surface area contributed by atoms with Crippen LogP contribution in [0.4, 0.5) is 0 Å². The van der Waals surface area contributed by atoms with Crippen LogP contribution in [-0.4, -0.2) is 40.1 Å². The normalized spacial score (nSPS) is 10.6. The summed E-state index contributed by atoms with van der Waals surface area (Å²) in [6, 6.07) is 8.32. The molecule has 0 radical (unpaired) electrons. The Morgan fingerprint density at radius 2 is 1.89 bits per heavy atom. The van der Waals surface area contributed by atoms with Gasteiger partial charge in [-0.25, -0.2) is 9.97 Å². The lowest BCUT2D eigenvalue weighted by molar-refractivity contribution is -0.145. The Balaban J connectivity index is 1.50. The van der Waals surface area contributed by atoms with Gasteiger partial charge >= 0.3 is 5.97 Å². The van der Waals surface area contributed by atoms with E-state index in [1.165, 1.54) is 18.1 Å². The molecule has 0 fully saturated rings. The summed E-state index contributed by atoms with van der Waals surface area (Å²) in [5.41, 5.74) is 1.45. The summed E-state index contributed by atoms with van der Waals surface area (Å²) < 4.78 is 4.94. The molecule has 144 valence electrons. The van der Waals surface area contributed by atoms with Crippen LogP contribution in [0.2, 0.25) is 0 Å². The van der Waals surface area contributed by atoms with Crippen molar-refractivity contribution in [3.8, 4) is 0 Å². The van der Waals surface area contributed by atoms with Gasteiger partial charge in [-0.05, 0) is 31.5 Å². The predicted molar refractivity (Wildman–Crippen MR) is 107 cm³/mol. The molecule has 2 aromatic heterocycles. The van der Waals surface area contributed by atoms with Crippen LogP contribution in [0.3, 0.4) is 0 Å². The van der Waals surface area contributed by atoms with Crippen LogP contribution >= 0.6 is 23.1 Å². The fourth-order valence-corrected chi connectivity index (χ4v) is 4.31. The first-order valence-corrected chi connectivity index (χ1v) is 10.1. The number of esters is 1. The zero-order valence-electron chi connectivity index (χ0n) is 15.2. The SMILES string of the molecule is Cc1sc2ncnc(SCC(=O)OCC(=O)NC(=O)c3ccccc3)c2c1C. The number of hydrogen-bond acceptors (Lipinski definition) is 8. The number of thiophene rings is 1. The average Bonchev–Trinajstić information content (AvgIpc) is 2.99. The first-order chi connectivity index (χ1) is 13.5. The zero-order chi connectivity index (χ0) is 20.1. The lowest BCUT2D eigenvalue weighted by Crippen LogP contribution is -2.34. The third kappa shape index (κ3) is 4.73. The third-order valence-corrected chi connectivity index (χ3v) is 5.99. The van der Waals surface area contributed by atoms with Gasteiger partial charge in [0.05, 0.1) is 5.75 Å². The van der Waals surface area contributed by atoms with Gasteiger partial charge in [-0.1, -0.05) is 30.0 Å². The molecule has 28 heavy (non-hydrogen) atoms. The highest BCUT2D eigenvalue weighted by Crippen LogP contribution is 2.34. The van der Waals surface area contributed by atoms with Crippen LogP contribution in [0, 0.1) is 13.8 Å². The Bertz CT molecular complexity index is 1030. The fraction of sp³-hybridized carbons (Fsp3) is 0.211. The van der Waals surface area contributed by atoms with Gasteiger partial charge in [0.25, 0.3) is 11.8 Å². The Labute approximate surface area is 169 Å². The van der Waals surface area contributed by atoms with Gasteiger partial charge in [-0.15, -0.1) is 11.3 Å². The van der Waals surface area contributed by atoms with E-state index in [1.54, 1.807) is 41.7 Å². The molecule has 1 aromatic carbocycles. The largest absolute Gasteiger partial charge is 0.455 e. The molecular formula is C19H17N3O4S2. The Morgan fingerprint density at radius 1 is 1.14 bits per heavy atom. The van der Waals surface area contributed by atoms with E-state index >= 15 is 0 Å². The number of benzene rings is 1. The van der Waals surface area contributed by atoms with E-state index in [0.717, 1.165) is 20.7 Å². The van der Waals surface area contributed by atoms with E-state index in [2.05, 4.69) is 15.3 Å². The minimum absolute atomic E-state index is 0.000356. The van der Waals surface area contributed by atoms with Crippen LogP contribution in [0.5, 0.6) is 0 Å². The third-order valence-electron chi connectivity index (χ3n) is 3.91. The number of thioether (sulfide) groups is 1. The maximum Gasteiger partial charge on any atom is 0.316 e. The molecule has 0 aliphatic carbocycles. The lowest BCUT2D eigenvalue weighted by atomic mass is 10.2. The molecule has 2 amide bonds. The van der Waals surface area contributed by atoms with Gasteiger partial charge in [0, 0.05) is 15.8 Å². The highest BCUT2D eigenvalue weighted by Gasteiger charge is 2.16. The van der Waals surface area contributed by atoms with Gasteiger partial charge < -0.3 is 4.74 Å². The van der Waals surface area contributed by atoms with Crippen molar-refractivity contribution in [1.29, 1.82) is 0 Å². The Morgan fingerprint density at radius 3 is 2.64 bits per heavy atom. The van der Waals surface area contributed by atoms with E-state index in [-0.39, 0.29) is 5.75 Å². The van der Waals surface area contributed by atoms with Crippen LogP contribution in [0.1, 0.15) is 20.8 Å². The molecule has 9 heteroatoms. The highest BCUT2D eigenvalue weighted by atomic mass is 32.2. The molecular weight excluding hydrogens is 398 g/mol. The molecule has 0 aliphatic rings. The second-order valence-corrected chi connectivity index (χ2v) is 8.00. The number of ether oxygens (including phenoxy) is 1. The summed E-state index contributed by atoms with van der Waals surface area (Å²) in [6.07, 6.45) is 1.47. The molecule has 2 heterocycles. The maximum atomic E-state index is 12.0. The van der Waals surface area contributed by atoms with Crippen LogP contribution in [0.15, 0.2) is 41.7 Å². The van der Waals surface area contributed by atoms with Crippen molar-refractivity contribution in [2.45, 2.75) is 18.9 Å². The van der Waals surface area contributed by atoms with Crippen molar-refractivity contribution in [2.75, 3.05) is 12.4 Å². The van der Waals surface area contributed by atoms with Gasteiger partial charge in [-0.2, -0.15) is 0 Å². The van der Waals surface area contributed by atoms with E-state index in [1.807, 2.05) is 13.8 Å². The maximum absolute atomic E-state index is 12.0. The van der Waals surface area contributed by atoms with Crippen molar-refractivity contribution in [3.05, 3.63) is 52.7 Å². The molecule has 3 aromatic rings. The van der Waals surface area contributed by atoms with E-state index in [9.17, 15) is 14.4 Å². The Kier molecular flexibility index (Phi) is 6.37. The number of aromatic nitrogens is 2. The van der Waals surface area contributed by atoms with E-state index in [0.29, 0.717) is 10.6 Å². The summed E-state index contributed by atoms with van der Waals surface area (Å²) in [4.78, 5) is 46.2. The summed E-state index contributed by atoms with van der Waals surface area (Å²) in [6.45, 7) is 3.49. The molecule has 0 atom stereocenters. The van der Waals surface area contributed by atoms with Gasteiger partial charge in [0.2, 0.25) is 0 Å². The number of rotatable bonds is 6.